The molecule has 0 saturated heterocycles. The molecule has 12 heavy (non-hydrogen) atoms. The van der Waals surface area contributed by atoms with Crippen LogP contribution in [0.3, 0.4) is 0 Å². The average Bonchev–Trinajstić information content (AvgIpc) is 1.97. The standard InChI is InChI=1S/C7H18N4O/c1-5(12)6(8)3-2-4-11-7(9)10/h5-6,12H,2-4,8H2,1H3,(H4,9,10,11). The topological polar surface area (TPSA) is 108 Å². The average molecular weight is 174 g/mol. The Morgan fingerprint density at radius 2 is 2.25 bits per heavy atom. The highest BCUT2D eigenvalue weighted by Gasteiger charge is 2.07. The summed E-state index contributed by atoms with van der Waals surface area (Å²) in [5.74, 6) is -0.0272. The van der Waals surface area contributed by atoms with E-state index in [1.54, 1.807) is 6.92 Å². The van der Waals surface area contributed by atoms with Gasteiger partial charge >= 0.3 is 0 Å². The maximum absolute atomic E-state index is 9.02. The number of guanidine groups is 1. The van der Waals surface area contributed by atoms with Crippen molar-refractivity contribution in [2.75, 3.05) is 6.54 Å². The van der Waals surface area contributed by atoms with Gasteiger partial charge in [-0.2, -0.15) is 0 Å². The van der Waals surface area contributed by atoms with Crippen molar-refractivity contribution in [3.05, 3.63) is 0 Å². The van der Waals surface area contributed by atoms with Crippen molar-refractivity contribution in [2.45, 2.75) is 31.9 Å². The molecule has 0 bridgehead atoms. The second-order valence-electron chi connectivity index (χ2n) is 2.89. The molecule has 5 nitrogen and oxygen atoms in total. The first-order chi connectivity index (χ1) is 5.54. The van der Waals surface area contributed by atoms with Gasteiger partial charge in [0.25, 0.3) is 0 Å². The van der Waals surface area contributed by atoms with Crippen LogP contribution in [0.25, 0.3) is 0 Å². The molecule has 0 saturated carbocycles. The lowest BCUT2D eigenvalue weighted by Crippen LogP contribution is -2.35. The van der Waals surface area contributed by atoms with Crippen LogP contribution in [0.15, 0.2) is 0 Å². The van der Waals surface area contributed by atoms with Gasteiger partial charge in [0.15, 0.2) is 5.96 Å². The molecule has 0 aromatic heterocycles. The number of nitrogens with two attached hydrogens (primary N) is 2. The van der Waals surface area contributed by atoms with E-state index >= 15 is 0 Å². The zero-order chi connectivity index (χ0) is 9.56. The molecule has 7 N–H and O–H groups in total. The molecular formula is C7H18N4O. The fourth-order valence-corrected chi connectivity index (χ4v) is 0.802. The van der Waals surface area contributed by atoms with E-state index in [-0.39, 0.29) is 12.0 Å². The fourth-order valence-electron chi connectivity index (χ4n) is 0.802. The molecule has 72 valence electrons. The monoisotopic (exact) mass is 174 g/mol. The minimum Gasteiger partial charge on any atom is -0.392 e. The van der Waals surface area contributed by atoms with Crippen molar-refractivity contribution in [3.63, 3.8) is 0 Å². The normalized spacial score (nSPS) is 15.2. The molecule has 0 rings (SSSR count). The van der Waals surface area contributed by atoms with E-state index in [0.717, 1.165) is 12.8 Å². The molecule has 0 aliphatic rings. The Morgan fingerprint density at radius 3 is 2.67 bits per heavy atom. The van der Waals surface area contributed by atoms with Crippen molar-refractivity contribution in [2.24, 2.45) is 11.5 Å². The number of aliphatic hydroxyl groups excluding tert-OH is 1. The second kappa shape index (κ2) is 5.79. The maximum Gasteiger partial charge on any atom is 0.185 e. The van der Waals surface area contributed by atoms with Crippen molar-refractivity contribution >= 4 is 5.96 Å². The maximum atomic E-state index is 9.02. The Hall–Kier alpha value is -0.810. The first-order valence-electron chi connectivity index (χ1n) is 4.05. The number of hydrogen-bond donors (Lipinski definition) is 5. The first kappa shape index (κ1) is 11.2. The van der Waals surface area contributed by atoms with E-state index in [0.29, 0.717) is 6.54 Å². The van der Waals surface area contributed by atoms with E-state index in [2.05, 4.69) is 5.32 Å². The zero-order valence-electron chi connectivity index (χ0n) is 7.38. The molecule has 2 atom stereocenters. The summed E-state index contributed by atoms with van der Waals surface area (Å²) in [6.07, 6.45) is 1.08. The molecule has 0 spiro atoms. The van der Waals surface area contributed by atoms with Gasteiger partial charge in [0.1, 0.15) is 0 Å². The van der Waals surface area contributed by atoms with Gasteiger partial charge in [-0.3, -0.25) is 5.41 Å². The van der Waals surface area contributed by atoms with Crippen molar-refractivity contribution in [1.29, 1.82) is 5.41 Å². The summed E-state index contributed by atoms with van der Waals surface area (Å²) in [5.41, 5.74) is 10.6. The van der Waals surface area contributed by atoms with E-state index in [4.69, 9.17) is 22.0 Å². The SMILES string of the molecule is CC(O)C(N)CCCNC(=N)N. The van der Waals surface area contributed by atoms with E-state index in [9.17, 15) is 0 Å². The van der Waals surface area contributed by atoms with Gasteiger partial charge in [-0.25, -0.2) is 0 Å². The largest absolute Gasteiger partial charge is 0.392 e. The van der Waals surface area contributed by atoms with Gasteiger partial charge in [-0.1, -0.05) is 0 Å². The molecule has 0 radical (unpaired) electrons. The van der Waals surface area contributed by atoms with Crippen LogP contribution < -0.4 is 16.8 Å². The molecule has 5 heteroatoms. The Morgan fingerprint density at radius 1 is 1.67 bits per heavy atom. The highest BCUT2D eigenvalue weighted by atomic mass is 16.3. The van der Waals surface area contributed by atoms with Crippen LogP contribution >= 0.6 is 0 Å². The van der Waals surface area contributed by atoms with Gasteiger partial charge in [-0.15, -0.1) is 0 Å². The summed E-state index contributed by atoms with van der Waals surface area (Å²) in [7, 11) is 0. The fraction of sp³-hybridized carbons (Fsp3) is 0.857. The van der Waals surface area contributed by atoms with Gasteiger partial charge in [0, 0.05) is 12.6 Å². The Balaban J connectivity index is 3.25. The molecule has 0 aromatic rings. The third-order valence-electron chi connectivity index (χ3n) is 1.65. The predicted molar refractivity (Wildman–Crippen MR) is 48.8 cm³/mol. The molecule has 0 amide bonds. The summed E-state index contributed by atoms with van der Waals surface area (Å²) >= 11 is 0. The molecule has 2 unspecified atom stereocenters. The highest BCUT2D eigenvalue weighted by Crippen LogP contribution is 1.97. The number of hydrogen-bond acceptors (Lipinski definition) is 3. The van der Waals surface area contributed by atoms with Crippen molar-refractivity contribution in [1.82, 2.24) is 5.32 Å². The van der Waals surface area contributed by atoms with E-state index in [1.807, 2.05) is 0 Å². The predicted octanol–water partition coefficient (Wildman–Crippen LogP) is -1.04. The first-order valence-corrected chi connectivity index (χ1v) is 4.05. The molecule has 0 aliphatic carbocycles. The van der Waals surface area contributed by atoms with Crippen molar-refractivity contribution < 1.29 is 5.11 Å². The lowest BCUT2D eigenvalue weighted by atomic mass is 10.1. The minimum atomic E-state index is -0.470. The molecule has 0 aromatic carbocycles. The summed E-state index contributed by atoms with van der Waals surface area (Å²) in [4.78, 5) is 0. The number of nitrogens with one attached hydrogen (secondary N) is 2. The molecule has 0 heterocycles. The van der Waals surface area contributed by atoms with Gasteiger partial charge in [0.05, 0.1) is 6.10 Å². The third kappa shape index (κ3) is 5.94. The quantitative estimate of drug-likeness (QED) is 0.208. The van der Waals surface area contributed by atoms with Crippen LogP contribution in [0.4, 0.5) is 0 Å². The third-order valence-corrected chi connectivity index (χ3v) is 1.65. The van der Waals surface area contributed by atoms with Crippen LogP contribution in [-0.4, -0.2) is 29.8 Å². The van der Waals surface area contributed by atoms with Gasteiger partial charge in [0.2, 0.25) is 0 Å². The smallest absolute Gasteiger partial charge is 0.185 e. The molecule has 0 fully saturated rings. The lowest BCUT2D eigenvalue weighted by Gasteiger charge is -2.14. The van der Waals surface area contributed by atoms with Crippen LogP contribution in [-0.2, 0) is 0 Å². The molecule has 0 aliphatic heterocycles. The minimum absolute atomic E-state index is 0.0272. The van der Waals surface area contributed by atoms with Crippen molar-refractivity contribution in [3.8, 4) is 0 Å². The van der Waals surface area contributed by atoms with Crippen LogP contribution in [0.5, 0.6) is 0 Å². The van der Waals surface area contributed by atoms with Gasteiger partial charge < -0.3 is 21.9 Å². The zero-order valence-corrected chi connectivity index (χ0v) is 7.38. The van der Waals surface area contributed by atoms with Gasteiger partial charge in [-0.05, 0) is 19.8 Å². The summed E-state index contributed by atoms with van der Waals surface area (Å²) in [6.45, 7) is 2.30. The van der Waals surface area contributed by atoms with E-state index in [1.165, 1.54) is 0 Å². The van der Waals surface area contributed by atoms with Crippen LogP contribution in [0.2, 0.25) is 0 Å². The highest BCUT2D eigenvalue weighted by molar-refractivity contribution is 5.74. The molecular weight excluding hydrogens is 156 g/mol. The lowest BCUT2D eigenvalue weighted by molar-refractivity contribution is 0.158. The van der Waals surface area contributed by atoms with Crippen LogP contribution in [0, 0.1) is 5.41 Å². The summed E-state index contributed by atoms with van der Waals surface area (Å²) < 4.78 is 0. The summed E-state index contributed by atoms with van der Waals surface area (Å²) in [5, 5.41) is 18.5. The number of rotatable bonds is 5. The Bertz CT molecular complexity index is 137. The number of aliphatic hydroxyl groups is 1. The summed E-state index contributed by atoms with van der Waals surface area (Å²) in [6, 6.07) is -0.182. The second-order valence-corrected chi connectivity index (χ2v) is 2.89. The Labute approximate surface area is 72.6 Å². The van der Waals surface area contributed by atoms with Crippen LogP contribution in [0.1, 0.15) is 19.8 Å². The Kier molecular flexibility index (Phi) is 5.40. The van der Waals surface area contributed by atoms with E-state index < -0.39 is 6.10 Å².